The first-order valence-corrected chi connectivity index (χ1v) is 9.83. The van der Waals surface area contributed by atoms with E-state index in [0.717, 1.165) is 5.56 Å². The third-order valence-corrected chi connectivity index (χ3v) is 5.67. The number of carbonyl (C=O) groups is 2. The summed E-state index contributed by atoms with van der Waals surface area (Å²) < 4.78 is 5.21. The van der Waals surface area contributed by atoms with E-state index in [4.69, 9.17) is 4.74 Å². The lowest BCUT2D eigenvalue weighted by atomic mass is 9.95. The van der Waals surface area contributed by atoms with Crippen LogP contribution in [0.3, 0.4) is 0 Å². The Hall–Kier alpha value is -3.45. The number of aromatic nitrogens is 1. The maximum atomic E-state index is 13.1. The van der Waals surface area contributed by atoms with Crippen molar-refractivity contribution in [3.8, 4) is 5.75 Å². The van der Waals surface area contributed by atoms with Gasteiger partial charge in [0.25, 0.3) is 5.91 Å². The number of carbonyl (C=O) groups excluding carboxylic acids is 2. The molecule has 0 saturated carbocycles. The Bertz CT molecular complexity index is 1060. The molecule has 0 aliphatic carbocycles. The first-order chi connectivity index (χ1) is 14.1. The fraction of sp³-hybridized carbons (Fsp3) is 0.136. The number of rotatable bonds is 6. The maximum absolute atomic E-state index is 13.1. The van der Waals surface area contributed by atoms with Crippen LogP contribution >= 0.6 is 11.3 Å². The zero-order valence-corrected chi connectivity index (χ0v) is 16.4. The highest BCUT2D eigenvalue weighted by atomic mass is 32.1. The molecule has 4 rings (SSSR count). The van der Waals surface area contributed by atoms with Crippen molar-refractivity contribution in [3.05, 3.63) is 93.6 Å². The van der Waals surface area contributed by atoms with Crippen LogP contribution in [0.4, 0.5) is 0 Å². The summed E-state index contributed by atoms with van der Waals surface area (Å²) in [5.74, 6) is -0.765. The molecule has 0 saturated heterocycles. The molecule has 2 aromatic heterocycles. The van der Waals surface area contributed by atoms with E-state index in [1.807, 2.05) is 6.07 Å². The van der Waals surface area contributed by atoms with E-state index in [9.17, 15) is 14.7 Å². The molecule has 1 aromatic carbocycles. The second-order valence-corrected chi connectivity index (χ2v) is 7.49. The lowest BCUT2D eigenvalue weighted by molar-refractivity contribution is -0.130. The number of benzene rings is 1. The van der Waals surface area contributed by atoms with Crippen LogP contribution in [0.15, 0.2) is 77.6 Å². The third-order valence-electron chi connectivity index (χ3n) is 4.80. The standard InChI is InChI=1S/C22H18N2O4S/c1-28-16-8-6-15(7-9-16)19-18(20(25)17-5-3-11-29-17)21(26)22(27)24(19)13-14-4-2-10-23-12-14/h2-12,19,26H,13H2,1H3/t19-/m1/s1. The zero-order chi connectivity index (χ0) is 20.4. The summed E-state index contributed by atoms with van der Waals surface area (Å²) in [6, 6.07) is 13.5. The van der Waals surface area contributed by atoms with Crippen LogP contribution in [-0.2, 0) is 11.3 Å². The van der Waals surface area contributed by atoms with Crippen molar-refractivity contribution in [3.63, 3.8) is 0 Å². The molecule has 29 heavy (non-hydrogen) atoms. The second-order valence-electron chi connectivity index (χ2n) is 6.54. The van der Waals surface area contributed by atoms with Gasteiger partial charge in [-0.1, -0.05) is 24.3 Å². The molecule has 1 amide bonds. The topological polar surface area (TPSA) is 79.7 Å². The number of Topliss-reactive ketones (excluding diaryl/α,β-unsaturated/α-hetero) is 1. The minimum atomic E-state index is -0.705. The number of ether oxygens (including phenoxy) is 1. The van der Waals surface area contributed by atoms with Crippen molar-refractivity contribution in [2.24, 2.45) is 0 Å². The van der Waals surface area contributed by atoms with Crippen molar-refractivity contribution in [1.29, 1.82) is 0 Å². The van der Waals surface area contributed by atoms with Gasteiger partial charge in [0.1, 0.15) is 5.75 Å². The van der Waals surface area contributed by atoms with Gasteiger partial charge in [0.15, 0.2) is 5.76 Å². The van der Waals surface area contributed by atoms with Crippen LogP contribution in [0.5, 0.6) is 5.75 Å². The van der Waals surface area contributed by atoms with Gasteiger partial charge in [0, 0.05) is 18.9 Å². The van der Waals surface area contributed by atoms with Gasteiger partial charge in [0.2, 0.25) is 5.78 Å². The number of nitrogens with zero attached hydrogens (tertiary/aromatic N) is 2. The number of ketones is 1. The largest absolute Gasteiger partial charge is 0.503 e. The summed E-state index contributed by atoms with van der Waals surface area (Å²) in [4.78, 5) is 32.1. The minimum Gasteiger partial charge on any atom is -0.503 e. The second kappa shape index (κ2) is 7.89. The molecule has 6 nitrogen and oxygen atoms in total. The molecular weight excluding hydrogens is 388 g/mol. The van der Waals surface area contributed by atoms with Gasteiger partial charge in [0.05, 0.1) is 23.6 Å². The van der Waals surface area contributed by atoms with Crippen molar-refractivity contribution in [2.45, 2.75) is 12.6 Å². The molecule has 0 spiro atoms. The van der Waals surface area contributed by atoms with Crippen molar-refractivity contribution >= 4 is 23.0 Å². The molecular formula is C22H18N2O4S. The van der Waals surface area contributed by atoms with E-state index in [-0.39, 0.29) is 17.9 Å². The van der Waals surface area contributed by atoms with Crippen LogP contribution < -0.4 is 4.74 Å². The van der Waals surface area contributed by atoms with Crippen LogP contribution in [0.2, 0.25) is 0 Å². The van der Waals surface area contributed by atoms with Crippen LogP contribution in [0.25, 0.3) is 0 Å². The molecule has 1 N–H and O–H groups in total. The summed E-state index contributed by atoms with van der Waals surface area (Å²) in [6.07, 6.45) is 3.31. The monoisotopic (exact) mass is 406 g/mol. The molecule has 1 aliphatic rings. The number of aliphatic hydroxyl groups excluding tert-OH is 1. The molecule has 1 aliphatic heterocycles. The van der Waals surface area contributed by atoms with Crippen molar-refractivity contribution in [2.75, 3.05) is 7.11 Å². The van der Waals surface area contributed by atoms with Crippen LogP contribution in [0.1, 0.15) is 26.8 Å². The number of aliphatic hydroxyl groups is 1. The number of pyridine rings is 1. The number of methoxy groups -OCH3 is 1. The van der Waals surface area contributed by atoms with Crippen molar-refractivity contribution < 1.29 is 19.4 Å². The Morgan fingerprint density at radius 2 is 2.00 bits per heavy atom. The quantitative estimate of drug-likeness (QED) is 0.628. The van der Waals surface area contributed by atoms with Crippen molar-refractivity contribution in [1.82, 2.24) is 9.88 Å². The first kappa shape index (κ1) is 18.9. The fourth-order valence-corrected chi connectivity index (χ4v) is 4.09. The molecule has 0 unspecified atom stereocenters. The summed E-state index contributed by atoms with van der Waals surface area (Å²) in [6.45, 7) is 0.217. The van der Waals surface area contributed by atoms with E-state index in [1.165, 1.54) is 16.2 Å². The van der Waals surface area contributed by atoms with Gasteiger partial charge in [-0.2, -0.15) is 0 Å². The number of hydrogen-bond donors (Lipinski definition) is 1. The average Bonchev–Trinajstić information content (AvgIpc) is 3.38. The third kappa shape index (κ3) is 3.52. The number of amides is 1. The zero-order valence-electron chi connectivity index (χ0n) is 15.6. The molecule has 3 heterocycles. The molecule has 0 fully saturated rings. The Kier molecular flexibility index (Phi) is 5.14. The Morgan fingerprint density at radius 1 is 1.21 bits per heavy atom. The van der Waals surface area contributed by atoms with Gasteiger partial charge in [-0.3, -0.25) is 14.6 Å². The van der Waals surface area contributed by atoms with Gasteiger partial charge in [-0.15, -0.1) is 11.3 Å². The van der Waals surface area contributed by atoms with Gasteiger partial charge >= 0.3 is 0 Å². The average molecular weight is 406 g/mol. The molecule has 1 atom stereocenters. The SMILES string of the molecule is COc1ccc([C@@H]2C(C(=O)c3cccs3)=C(O)C(=O)N2Cc2cccnc2)cc1. The summed E-state index contributed by atoms with van der Waals surface area (Å²) >= 11 is 1.28. The lowest BCUT2D eigenvalue weighted by Crippen LogP contribution is -2.30. The number of hydrogen-bond acceptors (Lipinski definition) is 6. The van der Waals surface area contributed by atoms with Gasteiger partial charge < -0.3 is 14.7 Å². The predicted molar refractivity (Wildman–Crippen MR) is 109 cm³/mol. The Balaban J connectivity index is 1.79. The van der Waals surface area contributed by atoms with Crippen LogP contribution in [0, 0.1) is 0 Å². The normalized spacial score (nSPS) is 16.4. The molecule has 0 bridgehead atoms. The lowest BCUT2D eigenvalue weighted by Gasteiger charge is -2.27. The highest BCUT2D eigenvalue weighted by Gasteiger charge is 2.43. The van der Waals surface area contributed by atoms with Gasteiger partial charge in [-0.05, 0) is 40.8 Å². The Labute approximate surface area is 171 Å². The fourth-order valence-electron chi connectivity index (χ4n) is 3.41. The smallest absolute Gasteiger partial charge is 0.290 e. The first-order valence-electron chi connectivity index (χ1n) is 8.95. The minimum absolute atomic E-state index is 0.0894. The van der Waals surface area contributed by atoms with E-state index >= 15 is 0 Å². The van der Waals surface area contributed by atoms with E-state index < -0.39 is 17.7 Å². The summed E-state index contributed by atoms with van der Waals surface area (Å²) in [5, 5.41) is 12.4. The molecule has 7 heteroatoms. The van der Waals surface area contributed by atoms with Gasteiger partial charge in [-0.25, -0.2) is 0 Å². The highest BCUT2D eigenvalue weighted by molar-refractivity contribution is 7.12. The van der Waals surface area contributed by atoms with E-state index in [1.54, 1.807) is 67.3 Å². The predicted octanol–water partition coefficient (Wildman–Crippen LogP) is 3.93. The van der Waals surface area contributed by atoms with Crippen LogP contribution in [-0.4, -0.2) is 33.8 Å². The molecule has 146 valence electrons. The number of thiophene rings is 1. The Morgan fingerprint density at radius 3 is 2.62 bits per heavy atom. The summed E-state index contributed by atoms with van der Waals surface area (Å²) in [5.41, 5.74) is 1.61. The highest BCUT2D eigenvalue weighted by Crippen LogP contribution is 2.40. The maximum Gasteiger partial charge on any atom is 0.290 e. The van der Waals surface area contributed by atoms with E-state index in [0.29, 0.717) is 16.2 Å². The molecule has 3 aromatic rings. The van der Waals surface area contributed by atoms with E-state index in [2.05, 4.69) is 4.98 Å². The molecule has 0 radical (unpaired) electrons. The summed E-state index contributed by atoms with van der Waals surface area (Å²) in [7, 11) is 1.57.